The fraction of sp³-hybridized carbons (Fsp3) is 0.200. The maximum absolute atomic E-state index is 12.2. The number of nitrogens with one attached hydrogen (secondary N) is 1. The van der Waals surface area contributed by atoms with Crippen LogP contribution in [-0.2, 0) is 25.5 Å². The van der Waals surface area contributed by atoms with Gasteiger partial charge in [0.2, 0.25) is 0 Å². The Balaban J connectivity index is 1.57. The zero-order chi connectivity index (χ0) is 19.9. The number of esters is 2. The standard InChI is InChI=1S/C20H18N2O5S/c1-26-20(25)16(9-13-5-3-2-4-6-13)22-18(23)11-27-19(24)14-7-8-15-17(10-14)28-12-21-15/h2-8,10,12,16H,9,11H2,1H3,(H,22,23)/t16-/m0/s1. The van der Waals surface area contributed by atoms with E-state index in [1.165, 1.54) is 18.4 Å². The van der Waals surface area contributed by atoms with Crippen molar-refractivity contribution in [3.05, 3.63) is 65.2 Å². The van der Waals surface area contributed by atoms with Gasteiger partial charge in [0, 0.05) is 6.42 Å². The average molecular weight is 398 g/mol. The van der Waals surface area contributed by atoms with Crippen LogP contribution < -0.4 is 5.32 Å². The first-order valence-electron chi connectivity index (χ1n) is 8.48. The van der Waals surface area contributed by atoms with Gasteiger partial charge in [0.1, 0.15) is 6.04 Å². The topological polar surface area (TPSA) is 94.6 Å². The summed E-state index contributed by atoms with van der Waals surface area (Å²) in [7, 11) is 1.25. The summed E-state index contributed by atoms with van der Waals surface area (Å²) in [4.78, 5) is 40.4. The molecule has 8 heteroatoms. The largest absolute Gasteiger partial charge is 0.467 e. The normalized spacial score (nSPS) is 11.6. The maximum atomic E-state index is 12.2. The van der Waals surface area contributed by atoms with Crippen LogP contribution >= 0.6 is 11.3 Å². The molecule has 2 aromatic carbocycles. The lowest BCUT2D eigenvalue weighted by Crippen LogP contribution is -2.44. The molecule has 0 saturated heterocycles. The molecule has 0 saturated carbocycles. The minimum Gasteiger partial charge on any atom is -0.467 e. The Morgan fingerprint density at radius 3 is 2.68 bits per heavy atom. The van der Waals surface area contributed by atoms with Gasteiger partial charge in [-0.1, -0.05) is 30.3 Å². The third kappa shape index (κ3) is 4.92. The van der Waals surface area contributed by atoms with Gasteiger partial charge in [0.05, 0.1) is 28.4 Å². The molecular formula is C20H18N2O5S. The first-order valence-corrected chi connectivity index (χ1v) is 9.36. The van der Waals surface area contributed by atoms with Crippen LogP contribution in [0.15, 0.2) is 54.0 Å². The van der Waals surface area contributed by atoms with E-state index in [9.17, 15) is 14.4 Å². The molecule has 0 bridgehead atoms. The number of ether oxygens (including phenoxy) is 2. The number of thiazole rings is 1. The molecule has 144 valence electrons. The van der Waals surface area contributed by atoms with Gasteiger partial charge in [-0.05, 0) is 23.8 Å². The third-order valence-corrected chi connectivity index (χ3v) is 4.80. The summed E-state index contributed by atoms with van der Waals surface area (Å²) in [6.07, 6.45) is 0.273. The van der Waals surface area contributed by atoms with Crippen LogP contribution in [0, 0.1) is 0 Å². The molecule has 3 rings (SSSR count). The lowest BCUT2D eigenvalue weighted by Gasteiger charge is -2.16. The molecule has 0 radical (unpaired) electrons. The number of nitrogens with zero attached hydrogens (tertiary/aromatic N) is 1. The van der Waals surface area contributed by atoms with Crippen LogP contribution in [0.5, 0.6) is 0 Å². The maximum Gasteiger partial charge on any atom is 0.338 e. The van der Waals surface area contributed by atoms with Gasteiger partial charge < -0.3 is 14.8 Å². The first kappa shape index (κ1) is 19.5. The van der Waals surface area contributed by atoms with Gasteiger partial charge in [-0.3, -0.25) is 4.79 Å². The van der Waals surface area contributed by atoms with Crippen LogP contribution in [0.1, 0.15) is 15.9 Å². The molecule has 0 aliphatic carbocycles. The van der Waals surface area contributed by atoms with Crippen molar-refractivity contribution in [1.29, 1.82) is 0 Å². The molecule has 1 aromatic heterocycles. The van der Waals surface area contributed by atoms with E-state index in [-0.39, 0.29) is 6.42 Å². The number of rotatable bonds is 7. The van der Waals surface area contributed by atoms with E-state index in [0.29, 0.717) is 5.56 Å². The highest BCUT2D eigenvalue weighted by molar-refractivity contribution is 7.16. The molecule has 1 amide bonds. The quantitative estimate of drug-likeness (QED) is 0.614. The molecule has 1 heterocycles. The van der Waals surface area contributed by atoms with Crippen LogP contribution in [0.3, 0.4) is 0 Å². The van der Waals surface area contributed by atoms with Crippen molar-refractivity contribution in [2.24, 2.45) is 0 Å². The van der Waals surface area contributed by atoms with Crippen molar-refractivity contribution in [2.45, 2.75) is 12.5 Å². The zero-order valence-corrected chi connectivity index (χ0v) is 15.9. The zero-order valence-electron chi connectivity index (χ0n) is 15.1. The van der Waals surface area contributed by atoms with Crippen molar-refractivity contribution in [3.8, 4) is 0 Å². The molecule has 3 aromatic rings. The second-order valence-electron chi connectivity index (χ2n) is 5.94. The lowest BCUT2D eigenvalue weighted by atomic mass is 10.1. The lowest BCUT2D eigenvalue weighted by molar-refractivity contribution is -0.145. The first-order chi connectivity index (χ1) is 13.6. The Bertz CT molecular complexity index is 986. The van der Waals surface area contributed by atoms with Gasteiger partial charge in [0.15, 0.2) is 6.61 Å². The Morgan fingerprint density at radius 1 is 1.14 bits per heavy atom. The highest BCUT2D eigenvalue weighted by atomic mass is 32.1. The average Bonchev–Trinajstić information content (AvgIpc) is 3.19. The molecule has 0 aliphatic rings. The van der Waals surface area contributed by atoms with Crippen molar-refractivity contribution in [3.63, 3.8) is 0 Å². The minimum absolute atomic E-state index is 0.273. The molecule has 1 atom stereocenters. The van der Waals surface area contributed by atoms with Crippen LogP contribution in [0.25, 0.3) is 10.2 Å². The van der Waals surface area contributed by atoms with Gasteiger partial charge in [0.25, 0.3) is 5.91 Å². The summed E-state index contributed by atoms with van der Waals surface area (Å²) in [5.74, 6) is -1.78. The van der Waals surface area contributed by atoms with Crippen LogP contribution in [0.4, 0.5) is 0 Å². The van der Waals surface area contributed by atoms with E-state index in [1.807, 2.05) is 30.3 Å². The Kier molecular flexibility index (Phi) is 6.33. The predicted molar refractivity (Wildman–Crippen MR) is 104 cm³/mol. The Morgan fingerprint density at radius 2 is 1.93 bits per heavy atom. The fourth-order valence-corrected chi connectivity index (χ4v) is 3.33. The number of carbonyl (C=O) groups is 3. The number of benzene rings is 2. The number of carbonyl (C=O) groups excluding carboxylic acids is 3. The highest BCUT2D eigenvalue weighted by Gasteiger charge is 2.22. The molecular weight excluding hydrogens is 380 g/mol. The van der Waals surface area contributed by atoms with E-state index >= 15 is 0 Å². The number of amides is 1. The number of fused-ring (bicyclic) bond motifs is 1. The summed E-state index contributed by atoms with van der Waals surface area (Å²) in [5.41, 5.74) is 3.68. The van der Waals surface area contributed by atoms with Crippen LogP contribution in [0.2, 0.25) is 0 Å². The Hall–Kier alpha value is -3.26. The van der Waals surface area contributed by atoms with Crippen LogP contribution in [-0.4, -0.2) is 42.6 Å². The number of aromatic nitrogens is 1. The molecule has 0 unspecified atom stereocenters. The fourth-order valence-electron chi connectivity index (χ4n) is 2.62. The smallest absolute Gasteiger partial charge is 0.338 e. The van der Waals surface area contributed by atoms with Gasteiger partial charge in [-0.15, -0.1) is 11.3 Å². The summed E-state index contributed by atoms with van der Waals surface area (Å²) in [5, 5.41) is 2.55. The van der Waals surface area contributed by atoms with E-state index in [2.05, 4.69) is 10.3 Å². The second-order valence-corrected chi connectivity index (χ2v) is 6.83. The summed E-state index contributed by atoms with van der Waals surface area (Å²) >= 11 is 1.41. The third-order valence-electron chi connectivity index (χ3n) is 4.00. The second kappa shape index (κ2) is 9.09. The van der Waals surface area contributed by atoms with E-state index in [4.69, 9.17) is 9.47 Å². The number of hydrogen-bond acceptors (Lipinski definition) is 7. The summed E-state index contributed by atoms with van der Waals surface area (Å²) in [6, 6.07) is 13.3. The van der Waals surface area contributed by atoms with Crippen molar-refractivity contribution < 1.29 is 23.9 Å². The van der Waals surface area contributed by atoms with Gasteiger partial charge in [-0.25, -0.2) is 14.6 Å². The van der Waals surface area contributed by atoms with Gasteiger partial charge >= 0.3 is 11.9 Å². The molecule has 1 N–H and O–H groups in total. The van der Waals surface area contributed by atoms with E-state index < -0.39 is 30.5 Å². The molecule has 7 nitrogen and oxygen atoms in total. The number of hydrogen-bond donors (Lipinski definition) is 1. The molecule has 0 fully saturated rings. The number of methoxy groups -OCH3 is 1. The minimum atomic E-state index is -0.868. The monoisotopic (exact) mass is 398 g/mol. The van der Waals surface area contributed by atoms with Crippen molar-refractivity contribution in [2.75, 3.05) is 13.7 Å². The van der Waals surface area contributed by atoms with Crippen molar-refractivity contribution in [1.82, 2.24) is 10.3 Å². The molecule has 0 aliphatic heterocycles. The van der Waals surface area contributed by atoms with Gasteiger partial charge in [-0.2, -0.15) is 0 Å². The summed E-state index contributed by atoms with van der Waals surface area (Å²) in [6.45, 7) is -0.498. The van der Waals surface area contributed by atoms with Crippen molar-refractivity contribution >= 4 is 39.4 Å². The van der Waals surface area contributed by atoms with E-state index in [0.717, 1.165) is 15.8 Å². The molecule has 0 spiro atoms. The SMILES string of the molecule is COC(=O)[C@H](Cc1ccccc1)NC(=O)COC(=O)c1ccc2ncsc2c1. The predicted octanol–water partition coefficient (Wildman–Crippen LogP) is 2.35. The van der Waals surface area contributed by atoms with E-state index in [1.54, 1.807) is 23.7 Å². The highest BCUT2D eigenvalue weighted by Crippen LogP contribution is 2.19. The molecule has 28 heavy (non-hydrogen) atoms. The summed E-state index contributed by atoms with van der Waals surface area (Å²) < 4.78 is 10.7. The Labute approximate surface area is 165 Å².